The quantitative estimate of drug-likeness (QED) is 0.612. The Morgan fingerprint density at radius 1 is 1.30 bits per heavy atom. The van der Waals surface area contributed by atoms with Crippen molar-refractivity contribution in [1.82, 2.24) is 0 Å². The highest BCUT2D eigenvalue weighted by atomic mass is 28.4. The van der Waals surface area contributed by atoms with Gasteiger partial charge in [-0.2, -0.15) is 0 Å². The van der Waals surface area contributed by atoms with Crippen LogP contribution in [0.4, 0.5) is 0 Å². The standard InChI is InChI=1S/C8H18OSi/c1-6-7(2)8(3)10(4,5)9/h9H,6H2,1-5H3. The lowest BCUT2D eigenvalue weighted by molar-refractivity contribution is 0.561. The van der Waals surface area contributed by atoms with Gasteiger partial charge >= 0.3 is 0 Å². The fourth-order valence-electron chi connectivity index (χ4n) is 0.787. The molecule has 0 radical (unpaired) electrons. The second-order valence-corrected chi connectivity index (χ2v) is 7.19. The Morgan fingerprint density at radius 2 is 1.70 bits per heavy atom. The van der Waals surface area contributed by atoms with Crippen LogP contribution in [0.3, 0.4) is 0 Å². The van der Waals surface area contributed by atoms with Crippen LogP contribution < -0.4 is 0 Å². The number of hydrogen-bond acceptors (Lipinski definition) is 1. The average molecular weight is 158 g/mol. The first-order valence-corrected chi connectivity index (χ1v) is 6.73. The van der Waals surface area contributed by atoms with Gasteiger partial charge in [-0.1, -0.05) is 17.7 Å². The van der Waals surface area contributed by atoms with E-state index >= 15 is 0 Å². The Morgan fingerprint density at radius 3 is 1.80 bits per heavy atom. The van der Waals surface area contributed by atoms with Crippen molar-refractivity contribution in [2.75, 3.05) is 0 Å². The highest BCUT2D eigenvalue weighted by molar-refractivity contribution is 6.77. The summed E-state index contributed by atoms with van der Waals surface area (Å²) in [6, 6.07) is 0. The molecule has 0 aromatic heterocycles. The van der Waals surface area contributed by atoms with Crippen molar-refractivity contribution in [3.63, 3.8) is 0 Å². The maximum Gasteiger partial charge on any atom is 0.209 e. The summed E-state index contributed by atoms with van der Waals surface area (Å²) in [5.41, 5.74) is 1.35. The molecule has 0 aliphatic rings. The number of allylic oxidation sites excluding steroid dienone is 2. The maximum absolute atomic E-state index is 9.67. The van der Waals surface area contributed by atoms with Crippen molar-refractivity contribution < 1.29 is 4.80 Å². The molecule has 0 aliphatic carbocycles. The minimum atomic E-state index is -1.97. The van der Waals surface area contributed by atoms with Gasteiger partial charge in [0.05, 0.1) is 0 Å². The molecule has 0 aromatic carbocycles. The van der Waals surface area contributed by atoms with Crippen LogP contribution in [-0.2, 0) is 0 Å². The summed E-state index contributed by atoms with van der Waals surface area (Å²) < 4.78 is 0. The van der Waals surface area contributed by atoms with Crippen LogP contribution in [0.25, 0.3) is 0 Å². The van der Waals surface area contributed by atoms with Gasteiger partial charge < -0.3 is 4.80 Å². The summed E-state index contributed by atoms with van der Waals surface area (Å²) in [6.45, 7) is 10.2. The molecule has 0 aromatic rings. The Balaban J connectivity index is 4.47. The average Bonchev–Trinajstić information content (AvgIpc) is 1.83. The van der Waals surface area contributed by atoms with E-state index in [0.29, 0.717) is 0 Å². The fraction of sp³-hybridized carbons (Fsp3) is 0.750. The van der Waals surface area contributed by atoms with Crippen LogP contribution in [0.1, 0.15) is 27.2 Å². The molecule has 0 aliphatic heterocycles. The van der Waals surface area contributed by atoms with Crippen LogP contribution in [0.2, 0.25) is 13.1 Å². The third kappa shape index (κ3) is 2.67. The lowest BCUT2D eigenvalue weighted by Gasteiger charge is -2.17. The van der Waals surface area contributed by atoms with E-state index in [-0.39, 0.29) is 0 Å². The third-order valence-electron chi connectivity index (χ3n) is 2.09. The second kappa shape index (κ2) is 3.35. The van der Waals surface area contributed by atoms with E-state index in [4.69, 9.17) is 0 Å². The zero-order valence-electron chi connectivity index (χ0n) is 7.65. The molecule has 0 atom stereocenters. The largest absolute Gasteiger partial charge is 0.428 e. The summed E-state index contributed by atoms with van der Waals surface area (Å²) in [6.07, 6.45) is 1.06. The molecule has 0 saturated heterocycles. The molecule has 0 fully saturated rings. The Hall–Kier alpha value is -0.0831. The van der Waals surface area contributed by atoms with Gasteiger partial charge in [0.2, 0.25) is 8.32 Å². The maximum atomic E-state index is 9.67. The van der Waals surface area contributed by atoms with E-state index in [0.717, 1.165) is 6.42 Å². The highest BCUT2D eigenvalue weighted by Gasteiger charge is 2.20. The van der Waals surface area contributed by atoms with Gasteiger partial charge in [-0.25, -0.2) is 0 Å². The monoisotopic (exact) mass is 158 g/mol. The van der Waals surface area contributed by atoms with Gasteiger partial charge in [0.1, 0.15) is 0 Å². The van der Waals surface area contributed by atoms with Crippen molar-refractivity contribution in [2.45, 2.75) is 40.3 Å². The van der Waals surface area contributed by atoms with Crippen LogP contribution in [0, 0.1) is 0 Å². The zero-order chi connectivity index (χ0) is 8.36. The van der Waals surface area contributed by atoms with E-state index in [1.807, 2.05) is 20.0 Å². The minimum absolute atomic E-state index is 1.06. The highest BCUT2D eigenvalue weighted by Crippen LogP contribution is 2.16. The van der Waals surface area contributed by atoms with Gasteiger partial charge in [-0.3, -0.25) is 0 Å². The Labute approximate surface area is 64.9 Å². The molecule has 0 rings (SSSR count). The topological polar surface area (TPSA) is 20.2 Å². The van der Waals surface area contributed by atoms with E-state index in [9.17, 15) is 4.80 Å². The summed E-state index contributed by atoms with van der Waals surface area (Å²) in [5, 5.41) is 1.23. The van der Waals surface area contributed by atoms with Crippen LogP contribution >= 0.6 is 0 Å². The third-order valence-corrected chi connectivity index (χ3v) is 4.35. The van der Waals surface area contributed by atoms with Crippen molar-refractivity contribution in [2.24, 2.45) is 0 Å². The van der Waals surface area contributed by atoms with Gasteiger partial charge in [0.15, 0.2) is 0 Å². The SMILES string of the molecule is CCC(C)=C(C)[Si](C)(C)O. The van der Waals surface area contributed by atoms with Crippen LogP contribution in [0.5, 0.6) is 0 Å². The van der Waals surface area contributed by atoms with Gasteiger partial charge in [0, 0.05) is 0 Å². The van der Waals surface area contributed by atoms with E-state index < -0.39 is 8.32 Å². The normalized spacial score (nSPS) is 15.0. The van der Waals surface area contributed by atoms with Crippen molar-refractivity contribution in [3.05, 3.63) is 10.8 Å². The molecule has 10 heavy (non-hydrogen) atoms. The first-order valence-electron chi connectivity index (χ1n) is 3.78. The van der Waals surface area contributed by atoms with Crippen molar-refractivity contribution in [3.8, 4) is 0 Å². The number of hydrogen-bond donors (Lipinski definition) is 1. The smallest absolute Gasteiger partial charge is 0.209 e. The Kier molecular flexibility index (Phi) is 3.32. The minimum Gasteiger partial charge on any atom is -0.428 e. The summed E-state index contributed by atoms with van der Waals surface area (Å²) in [7, 11) is -1.97. The molecule has 60 valence electrons. The van der Waals surface area contributed by atoms with Gasteiger partial charge in [-0.15, -0.1) is 0 Å². The van der Waals surface area contributed by atoms with Crippen LogP contribution in [0.15, 0.2) is 10.8 Å². The molecule has 0 heterocycles. The summed E-state index contributed by atoms with van der Waals surface area (Å²) >= 11 is 0. The molecule has 1 N–H and O–H groups in total. The second-order valence-electron chi connectivity index (χ2n) is 3.32. The molecule has 0 spiro atoms. The molecule has 0 unspecified atom stereocenters. The zero-order valence-corrected chi connectivity index (χ0v) is 8.65. The summed E-state index contributed by atoms with van der Waals surface area (Å²) in [5.74, 6) is 0. The molecule has 0 saturated carbocycles. The number of rotatable bonds is 2. The van der Waals surface area contributed by atoms with Crippen molar-refractivity contribution in [1.29, 1.82) is 0 Å². The first-order chi connectivity index (χ1) is 4.39. The van der Waals surface area contributed by atoms with Crippen LogP contribution in [-0.4, -0.2) is 13.1 Å². The van der Waals surface area contributed by atoms with Crippen molar-refractivity contribution >= 4 is 8.32 Å². The molecule has 0 amide bonds. The lowest BCUT2D eigenvalue weighted by Crippen LogP contribution is -2.28. The summed E-state index contributed by atoms with van der Waals surface area (Å²) in [4.78, 5) is 9.67. The first kappa shape index (κ1) is 9.92. The molecule has 2 heteroatoms. The molecular formula is C8H18OSi. The van der Waals surface area contributed by atoms with E-state index in [2.05, 4.69) is 13.8 Å². The molecular weight excluding hydrogens is 140 g/mol. The predicted octanol–water partition coefficient (Wildman–Crippen LogP) is 2.47. The fourth-order valence-corrected chi connectivity index (χ4v) is 2.01. The Bertz CT molecular complexity index is 142. The lowest BCUT2D eigenvalue weighted by atomic mass is 10.2. The van der Waals surface area contributed by atoms with E-state index in [1.54, 1.807) is 0 Å². The molecule has 0 bridgehead atoms. The van der Waals surface area contributed by atoms with E-state index in [1.165, 1.54) is 10.8 Å². The molecule has 1 nitrogen and oxygen atoms in total. The van der Waals surface area contributed by atoms with Gasteiger partial charge in [0.25, 0.3) is 0 Å². The van der Waals surface area contributed by atoms with Gasteiger partial charge in [-0.05, 0) is 33.4 Å². The predicted molar refractivity (Wildman–Crippen MR) is 48.4 cm³/mol.